The van der Waals surface area contributed by atoms with Crippen LogP contribution in [0.15, 0.2) is 73.1 Å². The molecule has 2 N–H and O–H groups in total. The van der Waals surface area contributed by atoms with Crippen LogP contribution < -0.4 is 15.4 Å². The fraction of sp³-hybridized carbons (Fsp3) is 0.306. The molecular weight excluding hydrogens is 592 g/mol. The number of hydrogen-bond donors (Lipinski definition) is 2. The first kappa shape index (κ1) is 31.7. The third kappa shape index (κ3) is 7.09. The summed E-state index contributed by atoms with van der Waals surface area (Å²) >= 11 is 0. The predicted molar refractivity (Wildman–Crippen MR) is 183 cm³/mol. The number of likely N-dealkylation sites (N-methyl/N-ethyl adjacent to an activating group) is 1. The molecule has 0 radical (unpaired) electrons. The highest BCUT2D eigenvalue weighted by Gasteiger charge is 2.20. The van der Waals surface area contributed by atoms with Crippen molar-refractivity contribution in [3.8, 4) is 11.8 Å². The van der Waals surface area contributed by atoms with Crippen LogP contribution in [-0.2, 0) is 22.5 Å². The second-order valence-electron chi connectivity index (χ2n) is 11.4. The van der Waals surface area contributed by atoms with E-state index in [1.54, 1.807) is 6.20 Å². The number of carbonyl (C=O) groups is 1. The summed E-state index contributed by atoms with van der Waals surface area (Å²) in [5, 5.41) is 23.0. The monoisotopic (exact) mass is 630 g/mol. The Morgan fingerprint density at radius 2 is 2.13 bits per heavy atom. The molecule has 5 aromatic rings. The van der Waals surface area contributed by atoms with Crippen LogP contribution >= 0.6 is 0 Å². The fourth-order valence-corrected chi connectivity index (χ4v) is 5.82. The van der Waals surface area contributed by atoms with Gasteiger partial charge in [0.2, 0.25) is 5.91 Å². The van der Waals surface area contributed by atoms with E-state index in [1.807, 2.05) is 86.4 Å². The number of nitrogens with zero attached hydrogens (tertiary/aromatic N) is 6. The zero-order valence-corrected chi connectivity index (χ0v) is 26.9. The van der Waals surface area contributed by atoms with E-state index < -0.39 is 0 Å². The molecule has 240 valence electrons. The molecule has 11 heteroatoms. The summed E-state index contributed by atoms with van der Waals surface area (Å²) in [5.74, 6) is 0.233. The van der Waals surface area contributed by atoms with Gasteiger partial charge in [-0.15, -0.1) is 0 Å². The lowest BCUT2D eigenvalue weighted by atomic mass is 10.0. The molecule has 2 aromatic carbocycles. The Balaban J connectivity index is 1.31. The molecule has 0 saturated carbocycles. The van der Waals surface area contributed by atoms with Crippen molar-refractivity contribution in [1.29, 1.82) is 5.26 Å². The first-order chi connectivity index (χ1) is 23.0. The van der Waals surface area contributed by atoms with Crippen LogP contribution in [0.5, 0.6) is 5.75 Å². The van der Waals surface area contributed by atoms with Gasteiger partial charge in [-0.3, -0.25) is 24.3 Å². The highest BCUT2D eigenvalue weighted by atomic mass is 16.5. The third-order valence-electron chi connectivity index (χ3n) is 8.31. The number of ether oxygens (including phenoxy) is 2. The number of hydrogen-bond acceptors (Lipinski definition) is 9. The molecule has 1 aliphatic heterocycles. The predicted octanol–water partition coefficient (Wildman–Crippen LogP) is 5.82. The van der Waals surface area contributed by atoms with Crippen molar-refractivity contribution in [2.75, 3.05) is 44.0 Å². The van der Waals surface area contributed by atoms with E-state index in [2.05, 4.69) is 31.7 Å². The Hall–Kier alpha value is -5.31. The van der Waals surface area contributed by atoms with Gasteiger partial charge >= 0.3 is 0 Å². The van der Waals surface area contributed by atoms with Crippen molar-refractivity contribution in [2.24, 2.45) is 0 Å². The molecule has 1 fully saturated rings. The Kier molecular flexibility index (Phi) is 9.71. The van der Waals surface area contributed by atoms with Crippen molar-refractivity contribution in [3.63, 3.8) is 0 Å². The molecule has 1 aliphatic rings. The molecular formula is C36H38N8O3. The van der Waals surface area contributed by atoms with E-state index in [9.17, 15) is 10.1 Å². The highest BCUT2D eigenvalue weighted by molar-refractivity contribution is 6.05. The number of nitriles is 1. The van der Waals surface area contributed by atoms with Crippen molar-refractivity contribution >= 4 is 44.8 Å². The average Bonchev–Trinajstić information content (AvgIpc) is 3.76. The number of aryl methyl sites for hydroxylation is 1. The van der Waals surface area contributed by atoms with Crippen LogP contribution in [-0.4, -0.2) is 70.0 Å². The Morgan fingerprint density at radius 3 is 2.87 bits per heavy atom. The molecule has 0 spiro atoms. The number of amides is 1. The molecule has 47 heavy (non-hydrogen) atoms. The van der Waals surface area contributed by atoms with E-state index in [4.69, 9.17) is 14.5 Å². The number of benzene rings is 2. The first-order valence-corrected chi connectivity index (χ1v) is 15.9. The number of nitrogens with one attached hydrogen (secondary N) is 2. The number of fused-ring (bicyclic) bond motifs is 2. The molecule has 1 amide bonds. The van der Waals surface area contributed by atoms with Gasteiger partial charge in [-0.25, -0.2) is 0 Å². The third-order valence-corrected chi connectivity index (χ3v) is 8.31. The molecule has 4 heterocycles. The van der Waals surface area contributed by atoms with Crippen molar-refractivity contribution in [1.82, 2.24) is 24.6 Å². The molecule has 6 rings (SSSR count). The van der Waals surface area contributed by atoms with Crippen LogP contribution in [0.3, 0.4) is 0 Å². The zero-order chi connectivity index (χ0) is 32.8. The van der Waals surface area contributed by atoms with Gasteiger partial charge in [0.05, 0.1) is 65.3 Å². The maximum absolute atomic E-state index is 13.1. The normalized spacial score (nSPS) is 14.7. The number of anilines is 3. The van der Waals surface area contributed by atoms with E-state index in [0.717, 1.165) is 35.3 Å². The summed E-state index contributed by atoms with van der Waals surface area (Å²) < 4.78 is 13.3. The Bertz CT molecular complexity index is 1960. The van der Waals surface area contributed by atoms with E-state index in [0.29, 0.717) is 78.1 Å². The Morgan fingerprint density at radius 1 is 1.23 bits per heavy atom. The van der Waals surface area contributed by atoms with E-state index >= 15 is 0 Å². The van der Waals surface area contributed by atoms with Gasteiger partial charge in [-0.05, 0) is 63.2 Å². The number of pyridine rings is 2. The van der Waals surface area contributed by atoms with Crippen LogP contribution in [0.4, 0.5) is 17.1 Å². The zero-order valence-electron chi connectivity index (χ0n) is 26.9. The minimum Gasteiger partial charge on any atom is -0.492 e. The van der Waals surface area contributed by atoms with Crippen LogP contribution in [0, 0.1) is 11.3 Å². The van der Waals surface area contributed by atoms with Crippen molar-refractivity contribution in [2.45, 2.75) is 39.3 Å². The largest absolute Gasteiger partial charge is 0.492 e. The fourth-order valence-electron chi connectivity index (χ4n) is 5.82. The summed E-state index contributed by atoms with van der Waals surface area (Å²) in [4.78, 5) is 24.5. The number of aromatic nitrogens is 4. The summed E-state index contributed by atoms with van der Waals surface area (Å²) in [5.41, 5.74) is 5.57. The molecule has 1 saturated heterocycles. The molecule has 0 unspecified atom stereocenters. The van der Waals surface area contributed by atoms with Crippen molar-refractivity contribution < 1.29 is 14.3 Å². The molecule has 0 aliphatic carbocycles. The minimum absolute atomic E-state index is 0.275. The minimum atomic E-state index is -0.275. The smallest absolute Gasteiger partial charge is 0.248 e. The molecule has 0 bridgehead atoms. The Labute approximate surface area is 273 Å². The number of rotatable bonds is 12. The first-order valence-electron chi connectivity index (χ1n) is 15.9. The molecule has 3 aromatic heterocycles. The highest BCUT2D eigenvalue weighted by Crippen LogP contribution is 2.38. The van der Waals surface area contributed by atoms with Gasteiger partial charge in [-0.1, -0.05) is 19.1 Å². The summed E-state index contributed by atoms with van der Waals surface area (Å²) in [6.45, 7) is 6.95. The summed E-state index contributed by atoms with van der Waals surface area (Å²) in [6, 6.07) is 18.2. The maximum atomic E-state index is 13.1. The lowest BCUT2D eigenvalue weighted by Crippen LogP contribution is -2.32. The van der Waals surface area contributed by atoms with Gasteiger partial charge in [0.25, 0.3) is 0 Å². The summed E-state index contributed by atoms with van der Waals surface area (Å²) in [6.07, 6.45) is 8.54. The van der Waals surface area contributed by atoms with Gasteiger partial charge in [0.15, 0.2) is 0 Å². The van der Waals surface area contributed by atoms with E-state index in [1.165, 1.54) is 6.08 Å². The van der Waals surface area contributed by atoms with Gasteiger partial charge in [-0.2, -0.15) is 10.4 Å². The quantitative estimate of drug-likeness (QED) is 0.164. The van der Waals surface area contributed by atoms with Gasteiger partial charge in [0.1, 0.15) is 11.8 Å². The van der Waals surface area contributed by atoms with Crippen LogP contribution in [0.25, 0.3) is 21.8 Å². The standard InChI is InChI=1S/C36H38N8O3/c1-4-30-29(20-37)36(40-25-11-12-33-24(17-25)21-39-44(33)22-26-9-6-7-14-38-26)28-18-32(34(47-5-2)19-31(28)41-30)42-35(45)10-8-15-43(3)27-13-16-46-23-27/h6-12,14,17-19,21,27H,4-5,13,15-16,22-23H2,1-3H3,(H,40,41)(H,42,45)/b10-8+/t27-/m0/s1. The SMILES string of the molecule is CCOc1cc2nc(CC)c(C#N)c(Nc3ccc4c(cnn4Cc4ccccn4)c3)c2cc1NC(=O)/C=C/CN(C)[C@H]1CCOC1. The lowest BCUT2D eigenvalue weighted by Gasteiger charge is -2.20. The molecule has 1 atom stereocenters. The van der Waals surface area contributed by atoms with Gasteiger partial charge < -0.3 is 20.1 Å². The average molecular weight is 631 g/mol. The lowest BCUT2D eigenvalue weighted by molar-refractivity contribution is -0.111. The maximum Gasteiger partial charge on any atom is 0.248 e. The topological polar surface area (TPSA) is 130 Å². The number of carbonyl (C=O) groups excluding carboxylic acids is 1. The van der Waals surface area contributed by atoms with Gasteiger partial charge in [0, 0.05) is 54.0 Å². The second kappa shape index (κ2) is 14.4. The van der Waals surface area contributed by atoms with Crippen LogP contribution in [0.1, 0.15) is 37.2 Å². The molecule has 11 nitrogen and oxygen atoms in total. The second-order valence-corrected chi connectivity index (χ2v) is 11.4. The summed E-state index contributed by atoms with van der Waals surface area (Å²) in [7, 11) is 2.03. The van der Waals surface area contributed by atoms with Crippen LogP contribution in [0.2, 0.25) is 0 Å². The van der Waals surface area contributed by atoms with Crippen molar-refractivity contribution in [3.05, 3.63) is 90.0 Å². The van der Waals surface area contributed by atoms with E-state index in [-0.39, 0.29) is 5.91 Å².